The van der Waals surface area contributed by atoms with Gasteiger partial charge in [0.1, 0.15) is 0 Å². The van der Waals surface area contributed by atoms with Gasteiger partial charge < -0.3 is 22.1 Å². The Morgan fingerprint density at radius 3 is 2.76 bits per heavy atom. The molecule has 1 aromatic rings. The summed E-state index contributed by atoms with van der Waals surface area (Å²) in [7, 11) is 0. The summed E-state index contributed by atoms with van der Waals surface area (Å²) in [4.78, 5) is 15.8. The fourth-order valence-electron chi connectivity index (χ4n) is 4.83. The lowest BCUT2D eigenvalue weighted by molar-refractivity contribution is -0.124. The van der Waals surface area contributed by atoms with E-state index in [1.54, 1.807) is 6.92 Å². The number of nitrogens with one attached hydrogen (secondary N) is 2. The van der Waals surface area contributed by atoms with E-state index in [1.165, 1.54) is 6.20 Å². The van der Waals surface area contributed by atoms with Gasteiger partial charge >= 0.3 is 0 Å². The highest BCUT2D eigenvalue weighted by Gasteiger charge is 2.54. The van der Waals surface area contributed by atoms with Crippen LogP contribution in [0.5, 0.6) is 0 Å². The van der Waals surface area contributed by atoms with Crippen LogP contribution < -0.4 is 22.1 Å². The molecule has 1 aromatic carbocycles. The van der Waals surface area contributed by atoms with E-state index in [4.69, 9.17) is 11.5 Å². The van der Waals surface area contributed by atoms with Crippen LogP contribution in [0.3, 0.4) is 0 Å². The van der Waals surface area contributed by atoms with Crippen LogP contribution in [-0.2, 0) is 4.79 Å². The molecule has 7 heteroatoms. The SMILES string of the molecule is C=C/N=C\C(F)=C(/C)NC1C2CC(CC2NCC(N)c2ccccc2)C1C(N)=O. The Kier molecular flexibility index (Phi) is 6.82. The van der Waals surface area contributed by atoms with Gasteiger partial charge in [0.15, 0.2) is 5.83 Å². The van der Waals surface area contributed by atoms with Gasteiger partial charge in [-0.3, -0.25) is 9.79 Å². The van der Waals surface area contributed by atoms with Crippen molar-refractivity contribution in [1.29, 1.82) is 0 Å². The predicted octanol–water partition coefficient (Wildman–Crippen LogP) is 2.16. The van der Waals surface area contributed by atoms with Crippen LogP contribution in [0.1, 0.15) is 31.4 Å². The predicted molar refractivity (Wildman–Crippen MR) is 113 cm³/mol. The van der Waals surface area contributed by atoms with Crippen molar-refractivity contribution in [3.8, 4) is 0 Å². The number of halogens is 1. The van der Waals surface area contributed by atoms with Crippen LogP contribution in [0, 0.1) is 17.8 Å². The summed E-state index contributed by atoms with van der Waals surface area (Å²) in [6.07, 6.45) is 4.14. The smallest absolute Gasteiger partial charge is 0.222 e. The van der Waals surface area contributed by atoms with Crippen LogP contribution in [0.2, 0.25) is 0 Å². The maximum atomic E-state index is 14.2. The standard InChI is InChI=1S/C22H30FN5O/c1-3-26-11-17(23)13(2)28-21-16-9-15(20(21)22(25)29)10-19(16)27-12-18(24)14-7-5-4-6-8-14/h3-8,11,15-16,18-21,27-28H,1,9-10,12,24H2,2H3,(H2,25,29)/b17-13-,26-11-. The molecule has 6 atom stereocenters. The molecule has 3 rings (SSSR count). The number of hydrogen-bond donors (Lipinski definition) is 4. The first-order chi connectivity index (χ1) is 13.9. The van der Waals surface area contributed by atoms with E-state index >= 15 is 0 Å². The zero-order chi connectivity index (χ0) is 21.0. The largest absolute Gasteiger partial charge is 0.382 e. The fourth-order valence-corrected chi connectivity index (χ4v) is 4.83. The highest BCUT2D eigenvalue weighted by molar-refractivity contribution is 5.79. The van der Waals surface area contributed by atoms with Crippen LogP contribution in [0.15, 0.2) is 59.6 Å². The van der Waals surface area contributed by atoms with Crippen molar-refractivity contribution in [1.82, 2.24) is 10.6 Å². The molecule has 6 unspecified atom stereocenters. The molecule has 0 spiro atoms. The summed E-state index contributed by atoms with van der Waals surface area (Å²) in [6, 6.07) is 9.84. The molecule has 6 N–H and O–H groups in total. The minimum Gasteiger partial charge on any atom is -0.382 e. The molecule has 6 nitrogen and oxygen atoms in total. The van der Waals surface area contributed by atoms with Crippen molar-refractivity contribution < 1.29 is 9.18 Å². The molecule has 0 aliphatic heterocycles. The highest BCUT2D eigenvalue weighted by atomic mass is 19.1. The third-order valence-electron chi connectivity index (χ3n) is 6.20. The van der Waals surface area contributed by atoms with E-state index in [-0.39, 0.29) is 41.8 Å². The lowest BCUT2D eigenvalue weighted by Crippen LogP contribution is -2.53. The zero-order valence-electron chi connectivity index (χ0n) is 16.7. The quantitative estimate of drug-likeness (QED) is 0.478. The number of amides is 1. The van der Waals surface area contributed by atoms with Crippen molar-refractivity contribution >= 4 is 12.1 Å². The molecular weight excluding hydrogens is 369 g/mol. The van der Waals surface area contributed by atoms with Gasteiger partial charge in [-0.15, -0.1) is 0 Å². The van der Waals surface area contributed by atoms with Crippen molar-refractivity contribution in [3.63, 3.8) is 0 Å². The monoisotopic (exact) mass is 399 g/mol. The molecule has 2 bridgehead atoms. The molecule has 156 valence electrons. The van der Waals surface area contributed by atoms with E-state index in [0.29, 0.717) is 12.2 Å². The van der Waals surface area contributed by atoms with E-state index in [1.807, 2.05) is 30.3 Å². The van der Waals surface area contributed by atoms with Gasteiger partial charge in [0.25, 0.3) is 0 Å². The second-order valence-corrected chi connectivity index (χ2v) is 7.96. The summed E-state index contributed by atoms with van der Waals surface area (Å²) in [5.41, 5.74) is 13.4. The summed E-state index contributed by atoms with van der Waals surface area (Å²) < 4.78 is 14.2. The van der Waals surface area contributed by atoms with Gasteiger partial charge in [-0.25, -0.2) is 4.39 Å². The number of primary amides is 1. The molecule has 29 heavy (non-hydrogen) atoms. The summed E-state index contributed by atoms with van der Waals surface area (Å²) in [5, 5.41) is 6.78. The summed E-state index contributed by atoms with van der Waals surface area (Å²) in [6.45, 7) is 5.72. The number of carbonyl (C=O) groups excluding carboxylic acids is 1. The van der Waals surface area contributed by atoms with Gasteiger partial charge in [-0.1, -0.05) is 36.9 Å². The topological polar surface area (TPSA) is 106 Å². The number of benzene rings is 1. The summed E-state index contributed by atoms with van der Waals surface area (Å²) >= 11 is 0. The number of carbonyl (C=O) groups is 1. The molecule has 0 aromatic heterocycles. The minimum atomic E-state index is -0.480. The Balaban J connectivity index is 1.68. The number of nitrogens with two attached hydrogens (primary N) is 2. The molecule has 0 saturated heterocycles. The Morgan fingerprint density at radius 2 is 2.10 bits per heavy atom. The average molecular weight is 400 g/mol. The van der Waals surface area contributed by atoms with Crippen LogP contribution in [0.25, 0.3) is 0 Å². The van der Waals surface area contributed by atoms with E-state index in [0.717, 1.165) is 24.6 Å². The van der Waals surface area contributed by atoms with Gasteiger partial charge in [-0.05, 0) is 37.2 Å². The molecule has 2 aliphatic carbocycles. The Hall–Kier alpha value is -2.51. The lowest BCUT2D eigenvalue weighted by atomic mass is 9.81. The van der Waals surface area contributed by atoms with Crippen molar-refractivity contribution in [2.24, 2.45) is 34.2 Å². The van der Waals surface area contributed by atoms with E-state index in [2.05, 4.69) is 22.2 Å². The maximum absolute atomic E-state index is 14.2. The molecule has 0 radical (unpaired) electrons. The van der Waals surface area contributed by atoms with Gasteiger partial charge in [0.05, 0.1) is 12.1 Å². The van der Waals surface area contributed by atoms with Crippen molar-refractivity contribution in [2.75, 3.05) is 6.54 Å². The first kappa shape index (κ1) is 21.2. The highest BCUT2D eigenvalue weighted by Crippen LogP contribution is 2.49. The van der Waals surface area contributed by atoms with Gasteiger partial charge in [-0.2, -0.15) is 0 Å². The fraction of sp³-hybridized carbons (Fsp3) is 0.455. The number of aliphatic imine (C=N–C) groups is 1. The summed E-state index contributed by atoms with van der Waals surface area (Å²) in [5.74, 6) is -0.744. The number of nitrogens with zero attached hydrogens (tertiary/aromatic N) is 1. The first-order valence-corrected chi connectivity index (χ1v) is 10.0. The average Bonchev–Trinajstić information content (AvgIpc) is 3.28. The second-order valence-electron chi connectivity index (χ2n) is 7.96. The Bertz CT molecular complexity index is 794. The van der Waals surface area contributed by atoms with Gasteiger partial charge in [0.2, 0.25) is 5.91 Å². The normalized spacial score (nSPS) is 30.2. The van der Waals surface area contributed by atoms with Crippen LogP contribution >= 0.6 is 0 Å². The van der Waals surface area contributed by atoms with Gasteiger partial charge in [0, 0.05) is 36.6 Å². The van der Waals surface area contributed by atoms with Crippen LogP contribution in [0.4, 0.5) is 4.39 Å². The third-order valence-corrected chi connectivity index (χ3v) is 6.20. The number of fused-ring (bicyclic) bond motifs is 2. The number of rotatable bonds is 9. The Morgan fingerprint density at radius 1 is 1.38 bits per heavy atom. The number of hydrogen-bond acceptors (Lipinski definition) is 5. The maximum Gasteiger partial charge on any atom is 0.222 e. The first-order valence-electron chi connectivity index (χ1n) is 10.0. The van der Waals surface area contributed by atoms with E-state index in [9.17, 15) is 9.18 Å². The third kappa shape index (κ3) is 4.74. The molecule has 0 heterocycles. The molecular formula is C22H30FN5O. The molecule has 1 amide bonds. The second kappa shape index (κ2) is 9.33. The van der Waals surface area contributed by atoms with E-state index < -0.39 is 5.83 Å². The lowest BCUT2D eigenvalue weighted by Gasteiger charge is -2.36. The number of allylic oxidation sites excluding steroid dienone is 2. The molecule has 2 saturated carbocycles. The Labute approximate surface area is 171 Å². The molecule has 2 aliphatic rings. The zero-order valence-corrected chi connectivity index (χ0v) is 16.7. The van der Waals surface area contributed by atoms with Crippen molar-refractivity contribution in [2.45, 2.75) is 37.9 Å². The van der Waals surface area contributed by atoms with Crippen LogP contribution in [-0.4, -0.2) is 30.8 Å². The molecule has 2 fully saturated rings. The van der Waals surface area contributed by atoms with Crippen molar-refractivity contribution in [3.05, 3.63) is 60.2 Å². The minimum absolute atomic E-state index is 0.108.